The number of nitrogens with zero attached hydrogens (tertiary/aromatic N) is 1. The predicted molar refractivity (Wildman–Crippen MR) is 95.5 cm³/mol. The average molecular weight is 392 g/mol. The van der Waals surface area contributed by atoms with Gasteiger partial charge in [0.15, 0.2) is 0 Å². The van der Waals surface area contributed by atoms with Crippen LogP contribution in [0.3, 0.4) is 0 Å². The number of alkyl halides is 2. The van der Waals surface area contributed by atoms with Gasteiger partial charge in [-0.25, -0.2) is 8.78 Å². The molecule has 4 rings (SSSR count). The zero-order valence-corrected chi connectivity index (χ0v) is 15.3. The van der Waals surface area contributed by atoms with E-state index >= 15 is 0 Å². The summed E-state index contributed by atoms with van der Waals surface area (Å²) >= 11 is 0. The minimum Gasteiger partial charge on any atom is -0.322 e. The molecule has 0 radical (unpaired) electrons. The van der Waals surface area contributed by atoms with Crippen LogP contribution in [0.2, 0.25) is 0 Å². The van der Waals surface area contributed by atoms with Crippen molar-refractivity contribution in [2.75, 3.05) is 13.1 Å². The maximum absolute atomic E-state index is 13.2. The Labute approximate surface area is 160 Å². The molecule has 3 aliphatic rings. The molecule has 0 aliphatic carbocycles. The van der Waals surface area contributed by atoms with Crippen LogP contribution < -0.4 is 16.0 Å². The van der Waals surface area contributed by atoms with E-state index in [0.29, 0.717) is 31.6 Å². The van der Waals surface area contributed by atoms with E-state index in [1.165, 1.54) is 4.90 Å². The second-order valence-corrected chi connectivity index (χ2v) is 7.66. The van der Waals surface area contributed by atoms with Crippen LogP contribution >= 0.6 is 0 Å². The van der Waals surface area contributed by atoms with Gasteiger partial charge in [0.05, 0.1) is 6.54 Å². The lowest BCUT2D eigenvalue weighted by molar-refractivity contribution is -0.136. The molecule has 2 atom stereocenters. The Morgan fingerprint density at radius 2 is 2.07 bits per heavy atom. The molecule has 0 saturated carbocycles. The van der Waals surface area contributed by atoms with Crippen molar-refractivity contribution in [3.63, 3.8) is 0 Å². The monoisotopic (exact) mass is 392 g/mol. The van der Waals surface area contributed by atoms with Crippen molar-refractivity contribution in [2.24, 2.45) is 0 Å². The van der Waals surface area contributed by atoms with Gasteiger partial charge in [0.2, 0.25) is 11.8 Å². The number of halogens is 2. The predicted octanol–water partition coefficient (Wildman–Crippen LogP) is 0.534. The first-order valence-corrected chi connectivity index (χ1v) is 9.41. The molecule has 2 fully saturated rings. The molecule has 1 aromatic carbocycles. The largest absolute Gasteiger partial charge is 0.322 e. The third kappa shape index (κ3) is 3.77. The summed E-state index contributed by atoms with van der Waals surface area (Å²) in [5.74, 6) is -3.61. The minimum atomic E-state index is -2.65. The summed E-state index contributed by atoms with van der Waals surface area (Å²) in [4.78, 5) is 37.7. The molecule has 1 aromatic rings. The number of benzene rings is 1. The SMILES string of the molecule is O=C1CCC(N2Cc3ccc(CNC[C@@H]4CC(F)(F)CN4)cc3C2=O)C(=O)N1. The molecule has 7 nitrogen and oxygen atoms in total. The van der Waals surface area contributed by atoms with Crippen molar-refractivity contribution in [3.05, 3.63) is 34.9 Å². The summed E-state index contributed by atoms with van der Waals surface area (Å²) in [6.07, 6.45) is 0.376. The average Bonchev–Trinajstić information content (AvgIpc) is 3.15. The van der Waals surface area contributed by atoms with Crippen molar-refractivity contribution in [1.82, 2.24) is 20.9 Å². The third-order valence-electron chi connectivity index (χ3n) is 5.51. The second kappa shape index (κ2) is 7.21. The first-order chi connectivity index (χ1) is 13.3. The number of carbonyl (C=O) groups excluding carboxylic acids is 3. The highest BCUT2D eigenvalue weighted by atomic mass is 19.3. The molecule has 3 aliphatic heterocycles. The molecule has 0 aromatic heterocycles. The van der Waals surface area contributed by atoms with Crippen molar-refractivity contribution in [3.8, 4) is 0 Å². The molecule has 3 heterocycles. The van der Waals surface area contributed by atoms with E-state index in [2.05, 4.69) is 16.0 Å². The standard InChI is InChI=1S/C19H22F2N4O3/c20-19(21)6-13(23-10-19)8-22-7-11-1-2-12-9-25(18(28)14(12)5-11)15-3-4-16(26)24-17(15)27/h1-2,5,13,15,22-23H,3-4,6-10H2,(H,24,26,27)/t13-,15?/m0/s1. The highest BCUT2D eigenvalue weighted by Gasteiger charge is 2.40. The molecular weight excluding hydrogens is 370 g/mol. The molecular formula is C19H22F2N4O3. The lowest BCUT2D eigenvalue weighted by Gasteiger charge is -2.29. The van der Waals surface area contributed by atoms with Gasteiger partial charge in [-0.3, -0.25) is 19.7 Å². The number of nitrogens with one attached hydrogen (secondary N) is 3. The van der Waals surface area contributed by atoms with Crippen LogP contribution in [0.4, 0.5) is 8.78 Å². The summed E-state index contributed by atoms with van der Waals surface area (Å²) in [5.41, 5.74) is 2.27. The lowest BCUT2D eigenvalue weighted by Crippen LogP contribution is -2.52. The van der Waals surface area contributed by atoms with Gasteiger partial charge in [-0.1, -0.05) is 12.1 Å². The Kier molecular flexibility index (Phi) is 4.88. The van der Waals surface area contributed by atoms with Gasteiger partial charge in [-0.15, -0.1) is 0 Å². The van der Waals surface area contributed by atoms with Crippen LogP contribution in [0.5, 0.6) is 0 Å². The molecule has 3 N–H and O–H groups in total. The number of hydrogen-bond acceptors (Lipinski definition) is 5. The quantitative estimate of drug-likeness (QED) is 0.637. The van der Waals surface area contributed by atoms with E-state index in [4.69, 9.17) is 0 Å². The number of fused-ring (bicyclic) bond motifs is 1. The number of imide groups is 1. The van der Waals surface area contributed by atoms with Crippen LogP contribution in [0.25, 0.3) is 0 Å². The summed E-state index contributed by atoms with van der Waals surface area (Å²) in [6.45, 7) is 0.934. The van der Waals surface area contributed by atoms with Crippen LogP contribution in [-0.2, 0) is 22.7 Å². The van der Waals surface area contributed by atoms with Gasteiger partial charge < -0.3 is 15.5 Å². The maximum Gasteiger partial charge on any atom is 0.261 e. The fourth-order valence-corrected chi connectivity index (χ4v) is 4.05. The van der Waals surface area contributed by atoms with Crippen molar-refractivity contribution < 1.29 is 23.2 Å². The van der Waals surface area contributed by atoms with Crippen molar-refractivity contribution in [2.45, 2.75) is 50.4 Å². The Bertz CT molecular complexity index is 829. The summed E-state index contributed by atoms with van der Waals surface area (Å²) in [6, 6.07) is 4.64. The summed E-state index contributed by atoms with van der Waals surface area (Å²) in [5, 5.41) is 8.23. The molecule has 28 heavy (non-hydrogen) atoms. The van der Waals surface area contributed by atoms with Crippen LogP contribution in [0.1, 0.15) is 40.7 Å². The molecule has 1 unspecified atom stereocenters. The molecule has 3 amide bonds. The fourth-order valence-electron chi connectivity index (χ4n) is 4.05. The van der Waals surface area contributed by atoms with E-state index < -0.39 is 17.9 Å². The van der Waals surface area contributed by atoms with E-state index in [9.17, 15) is 23.2 Å². The number of amides is 3. The first kappa shape index (κ1) is 18.9. The molecule has 0 spiro atoms. The van der Waals surface area contributed by atoms with Crippen molar-refractivity contribution >= 4 is 17.7 Å². The van der Waals surface area contributed by atoms with Gasteiger partial charge in [0.1, 0.15) is 6.04 Å². The number of piperidine rings is 1. The second-order valence-electron chi connectivity index (χ2n) is 7.66. The lowest BCUT2D eigenvalue weighted by atomic mass is 10.0. The Morgan fingerprint density at radius 1 is 1.25 bits per heavy atom. The van der Waals surface area contributed by atoms with Crippen LogP contribution in [0, 0.1) is 0 Å². The van der Waals surface area contributed by atoms with Gasteiger partial charge >= 0.3 is 0 Å². The van der Waals surface area contributed by atoms with E-state index in [1.54, 1.807) is 6.07 Å². The van der Waals surface area contributed by atoms with E-state index in [1.807, 2.05) is 12.1 Å². The Hall–Kier alpha value is -2.39. The Morgan fingerprint density at radius 3 is 2.79 bits per heavy atom. The normalized spacial score (nSPS) is 26.5. The fraction of sp³-hybridized carbons (Fsp3) is 0.526. The smallest absolute Gasteiger partial charge is 0.261 e. The molecule has 9 heteroatoms. The number of carbonyl (C=O) groups is 3. The van der Waals surface area contributed by atoms with Gasteiger partial charge in [0, 0.05) is 44.1 Å². The van der Waals surface area contributed by atoms with Crippen LogP contribution in [0.15, 0.2) is 18.2 Å². The molecule has 0 bridgehead atoms. The van der Waals surface area contributed by atoms with Crippen molar-refractivity contribution in [1.29, 1.82) is 0 Å². The highest BCUT2D eigenvalue weighted by molar-refractivity contribution is 6.05. The number of hydrogen-bond donors (Lipinski definition) is 3. The zero-order valence-electron chi connectivity index (χ0n) is 15.3. The summed E-state index contributed by atoms with van der Waals surface area (Å²) in [7, 11) is 0. The van der Waals surface area contributed by atoms with E-state index in [0.717, 1.165) is 11.1 Å². The maximum atomic E-state index is 13.2. The molecule has 150 valence electrons. The number of rotatable bonds is 5. The Balaban J connectivity index is 1.36. The summed E-state index contributed by atoms with van der Waals surface area (Å²) < 4.78 is 26.4. The third-order valence-corrected chi connectivity index (χ3v) is 5.51. The van der Waals surface area contributed by atoms with Crippen LogP contribution in [-0.4, -0.2) is 53.7 Å². The van der Waals surface area contributed by atoms with Gasteiger partial charge in [0.25, 0.3) is 11.8 Å². The van der Waals surface area contributed by atoms with Gasteiger partial charge in [-0.2, -0.15) is 0 Å². The highest BCUT2D eigenvalue weighted by Crippen LogP contribution is 2.28. The first-order valence-electron chi connectivity index (χ1n) is 9.41. The van der Waals surface area contributed by atoms with E-state index in [-0.39, 0.29) is 37.2 Å². The minimum absolute atomic E-state index is 0.177. The topological polar surface area (TPSA) is 90.5 Å². The molecule has 2 saturated heterocycles. The zero-order chi connectivity index (χ0) is 19.9. The van der Waals surface area contributed by atoms with Gasteiger partial charge in [-0.05, 0) is 23.6 Å².